The standard InChI is InChI=1S/C17H27N/c1-18-13-7-5-11-17(12-6-8-14-18)15-16-9-3-2-4-10-16/h2-4,9-10,17H,5-8,11-15H2,1H3. The minimum atomic E-state index is 0.913. The third-order valence-electron chi connectivity index (χ3n) is 4.17. The molecule has 18 heavy (non-hydrogen) atoms. The lowest BCUT2D eigenvalue weighted by atomic mass is 9.89. The fourth-order valence-corrected chi connectivity index (χ4v) is 3.04. The van der Waals surface area contributed by atoms with E-state index >= 15 is 0 Å². The van der Waals surface area contributed by atoms with Gasteiger partial charge in [-0.05, 0) is 50.9 Å². The van der Waals surface area contributed by atoms with Gasteiger partial charge in [0.1, 0.15) is 0 Å². The van der Waals surface area contributed by atoms with Crippen LogP contribution in [0.15, 0.2) is 30.3 Å². The van der Waals surface area contributed by atoms with Gasteiger partial charge in [0.2, 0.25) is 0 Å². The smallest absolute Gasteiger partial charge is 0.00218 e. The molecule has 1 aliphatic heterocycles. The molecule has 0 aliphatic carbocycles. The maximum atomic E-state index is 2.50. The van der Waals surface area contributed by atoms with E-state index in [2.05, 4.69) is 42.3 Å². The lowest BCUT2D eigenvalue weighted by Crippen LogP contribution is -2.22. The van der Waals surface area contributed by atoms with Crippen LogP contribution in [-0.4, -0.2) is 25.0 Å². The molecule has 0 bridgehead atoms. The van der Waals surface area contributed by atoms with Gasteiger partial charge in [-0.15, -0.1) is 0 Å². The topological polar surface area (TPSA) is 3.24 Å². The Labute approximate surface area is 112 Å². The highest BCUT2D eigenvalue weighted by Crippen LogP contribution is 2.22. The number of hydrogen-bond acceptors (Lipinski definition) is 1. The van der Waals surface area contributed by atoms with Gasteiger partial charge in [-0.25, -0.2) is 0 Å². The molecule has 0 radical (unpaired) electrons. The summed E-state index contributed by atoms with van der Waals surface area (Å²) in [7, 11) is 2.27. The quantitative estimate of drug-likeness (QED) is 0.757. The van der Waals surface area contributed by atoms with Crippen molar-refractivity contribution in [3.63, 3.8) is 0 Å². The van der Waals surface area contributed by atoms with Crippen molar-refractivity contribution in [1.29, 1.82) is 0 Å². The SMILES string of the molecule is CN1CCCCC(Cc2ccccc2)CCCC1. The molecular weight excluding hydrogens is 218 g/mol. The molecule has 1 aromatic carbocycles. The molecule has 100 valence electrons. The van der Waals surface area contributed by atoms with Crippen molar-refractivity contribution in [3.05, 3.63) is 35.9 Å². The van der Waals surface area contributed by atoms with E-state index in [1.54, 1.807) is 0 Å². The summed E-state index contributed by atoms with van der Waals surface area (Å²) in [5.74, 6) is 0.913. The van der Waals surface area contributed by atoms with Crippen LogP contribution in [0.25, 0.3) is 0 Å². The van der Waals surface area contributed by atoms with Gasteiger partial charge in [0.15, 0.2) is 0 Å². The summed E-state index contributed by atoms with van der Waals surface area (Å²) in [6, 6.07) is 11.0. The second-order valence-corrected chi connectivity index (χ2v) is 5.85. The van der Waals surface area contributed by atoms with E-state index in [0.29, 0.717) is 0 Å². The highest BCUT2D eigenvalue weighted by molar-refractivity contribution is 5.15. The summed E-state index contributed by atoms with van der Waals surface area (Å²) < 4.78 is 0. The lowest BCUT2D eigenvalue weighted by molar-refractivity contribution is 0.286. The number of hydrogen-bond donors (Lipinski definition) is 0. The van der Waals surface area contributed by atoms with E-state index in [-0.39, 0.29) is 0 Å². The highest BCUT2D eigenvalue weighted by Gasteiger charge is 2.11. The van der Waals surface area contributed by atoms with Crippen LogP contribution >= 0.6 is 0 Å². The van der Waals surface area contributed by atoms with E-state index in [0.717, 1.165) is 5.92 Å². The minimum absolute atomic E-state index is 0.913. The van der Waals surface area contributed by atoms with Gasteiger partial charge in [0.05, 0.1) is 0 Å². The van der Waals surface area contributed by atoms with Crippen LogP contribution in [0.4, 0.5) is 0 Å². The van der Waals surface area contributed by atoms with Crippen LogP contribution < -0.4 is 0 Å². The molecule has 1 saturated heterocycles. The predicted molar refractivity (Wildman–Crippen MR) is 78.8 cm³/mol. The summed E-state index contributed by atoms with van der Waals surface area (Å²) in [6.45, 7) is 2.58. The van der Waals surface area contributed by atoms with Crippen molar-refractivity contribution >= 4 is 0 Å². The van der Waals surface area contributed by atoms with E-state index in [1.165, 1.54) is 63.6 Å². The zero-order chi connectivity index (χ0) is 12.6. The zero-order valence-corrected chi connectivity index (χ0v) is 11.8. The molecule has 1 nitrogen and oxygen atoms in total. The molecule has 0 saturated carbocycles. The molecule has 0 N–H and O–H groups in total. The van der Waals surface area contributed by atoms with Crippen molar-refractivity contribution in [3.8, 4) is 0 Å². The van der Waals surface area contributed by atoms with Crippen LogP contribution in [0.1, 0.15) is 44.1 Å². The van der Waals surface area contributed by atoms with E-state index in [1.807, 2.05) is 0 Å². The molecule has 0 unspecified atom stereocenters. The first-order chi connectivity index (χ1) is 8.84. The van der Waals surface area contributed by atoms with E-state index in [4.69, 9.17) is 0 Å². The van der Waals surface area contributed by atoms with Crippen molar-refractivity contribution in [1.82, 2.24) is 4.90 Å². The molecule has 2 rings (SSSR count). The summed E-state index contributed by atoms with van der Waals surface area (Å²) in [4.78, 5) is 2.50. The van der Waals surface area contributed by atoms with E-state index < -0.39 is 0 Å². The average Bonchev–Trinajstić information content (AvgIpc) is 2.40. The van der Waals surface area contributed by atoms with Gasteiger partial charge >= 0.3 is 0 Å². The molecule has 1 aliphatic rings. The molecule has 1 heteroatoms. The number of nitrogens with zero attached hydrogens (tertiary/aromatic N) is 1. The molecule has 0 spiro atoms. The molecule has 1 aromatic rings. The molecule has 0 aromatic heterocycles. The Morgan fingerprint density at radius 2 is 1.56 bits per heavy atom. The Balaban J connectivity index is 1.83. The molecule has 1 heterocycles. The third kappa shape index (κ3) is 4.81. The van der Waals surface area contributed by atoms with Crippen LogP contribution in [0.2, 0.25) is 0 Å². The predicted octanol–water partition coefficient (Wildman–Crippen LogP) is 4.13. The molecule has 1 fully saturated rings. The number of benzene rings is 1. The average molecular weight is 245 g/mol. The summed E-state index contributed by atoms with van der Waals surface area (Å²) in [6.07, 6.45) is 9.69. The van der Waals surface area contributed by atoms with Gasteiger partial charge in [-0.3, -0.25) is 0 Å². The van der Waals surface area contributed by atoms with Crippen LogP contribution in [0.5, 0.6) is 0 Å². The van der Waals surface area contributed by atoms with Gasteiger partial charge in [0, 0.05) is 0 Å². The Bertz CT molecular complexity index is 308. The van der Waals surface area contributed by atoms with Crippen LogP contribution in [-0.2, 0) is 6.42 Å². The fourth-order valence-electron chi connectivity index (χ4n) is 3.04. The molecular formula is C17H27N. The monoisotopic (exact) mass is 245 g/mol. The lowest BCUT2D eigenvalue weighted by Gasteiger charge is -2.22. The Hall–Kier alpha value is -0.820. The van der Waals surface area contributed by atoms with Crippen LogP contribution in [0.3, 0.4) is 0 Å². The van der Waals surface area contributed by atoms with Gasteiger partial charge in [-0.2, -0.15) is 0 Å². The first-order valence-electron chi connectivity index (χ1n) is 7.57. The summed E-state index contributed by atoms with van der Waals surface area (Å²) >= 11 is 0. The van der Waals surface area contributed by atoms with Gasteiger partial charge in [-0.1, -0.05) is 56.0 Å². The second kappa shape index (κ2) is 7.58. The summed E-state index contributed by atoms with van der Waals surface area (Å²) in [5, 5.41) is 0. The first-order valence-corrected chi connectivity index (χ1v) is 7.57. The minimum Gasteiger partial charge on any atom is -0.306 e. The van der Waals surface area contributed by atoms with E-state index in [9.17, 15) is 0 Å². The second-order valence-electron chi connectivity index (χ2n) is 5.85. The maximum Gasteiger partial charge on any atom is -0.00218 e. The third-order valence-corrected chi connectivity index (χ3v) is 4.17. The Morgan fingerprint density at radius 3 is 2.17 bits per heavy atom. The molecule has 0 atom stereocenters. The van der Waals surface area contributed by atoms with Crippen molar-refractivity contribution in [2.45, 2.75) is 44.9 Å². The van der Waals surface area contributed by atoms with Crippen LogP contribution in [0, 0.1) is 5.92 Å². The highest BCUT2D eigenvalue weighted by atomic mass is 15.1. The largest absolute Gasteiger partial charge is 0.306 e. The van der Waals surface area contributed by atoms with Crippen molar-refractivity contribution in [2.24, 2.45) is 5.92 Å². The normalized spacial score (nSPS) is 20.7. The summed E-state index contributed by atoms with van der Waals surface area (Å²) in [5.41, 5.74) is 1.52. The van der Waals surface area contributed by atoms with Crippen molar-refractivity contribution in [2.75, 3.05) is 20.1 Å². The Morgan fingerprint density at radius 1 is 0.944 bits per heavy atom. The molecule has 0 amide bonds. The maximum absolute atomic E-state index is 2.50. The van der Waals surface area contributed by atoms with Crippen molar-refractivity contribution < 1.29 is 0 Å². The van der Waals surface area contributed by atoms with Gasteiger partial charge in [0.25, 0.3) is 0 Å². The fraction of sp³-hybridized carbons (Fsp3) is 0.647. The number of rotatable bonds is 2. The van der Waals surface area contributed by atoms with Gasteiger partial charge < -0.3 is 4.90 Å². The Kier molecular flexibility index (Phi) is 5.73. The zero-order valence-electron chi connectivity index (χ0n) is 11.8. The first kappa shape index (κ1) is 13.6.